The lowest BCUT2D eigenvalue weighted by Gasteiger charge is -2.39. The highest BCUT2D eigenvalue weighted by Gasteiger charge is 2.25. The first-order valence-electron chi connectivity index (χ1n) is 5.67. The first-order valence-corrected chi connectivity index (χ1v) is 6.72. The summed E-state index contributed by atoms with van der Waals surface area (Å²) >= 11 is 1.96. The minimum Gasteiger partial charge on any atom is -0.477 e. The fourth-order valence-electron chi connectivity index (χ4n) is 2.01. The van der Waals surface area contributed by atoms with Crippen LogP contribution in [0.3, 0.4) is 0 Å². The second-order valence-corrected chi connectivity index (χ2v) is 5.70. The molecule has 1 aliphatic rings. The summed E-state index contributed by atoms with van der Waals surface area (Å²) in [7, 11) is 0. The number of hydrogen-bond donors (Lipinski definition) is 1. The van der Waals surface area contributed by atoms with Gasteiger partial charge in [-0.05, 0) is 19.1 Å². The van der Waals surface area contributed by atoms with Crippen LogP contribution >= 0.6 is 11.8 Å². The average Bonchev–Trinajstić information content (AvgIpc) is 2.33. The van der Waals surface area contributed by atoms with Crippen molar-refractivity contribution >= 4 is 23.4 Å². The van der Waals surface area contributed by atoms with Crippen LogP contribution < -0.4 is 4.90 Å². The molecule has 0 aliphatic carbocycles. The minimum atomic E-state index is -0.973. The summed E-state index contributed by atoms with van der Waals surface area (Å²) in [5.41, 5.74) is 1.07. The maximum absolute atomic E-state index is 10.9. The smallest absolute Gasteiger partial charge is 0.354 e. The van der Waals surface area contributed by atoms with Crippen molar-refractivity contribution in [3.8, 4) is 0 Å². The number of carboxylic acids is 1. The molecule has 2 unspecified atom stereocenters. The molecule has 1 fully saturated rings. The van der Waals surface area contributed by atoms with Crippen molar-refractivity contribution in [1.29, 1.82) is 0 Å². The number of rotatable bonds is 2. The molecule has 1 aromatic rings. The normalized spacial score (nSPS) is 24.7. The topological polar surface area (TPSA) is 53.4 Å². The van der Waals surface area contributed by atoms with Gasteiger partial charge in [0.25, 0.3) is 0 Å². The Hall–Kier alpha value is -1.23. The maximum Gasteiger partial charge on any atom is 0.354 e. The van der Waals surface area contributed by atoms with Gasteiger partial charge in [0, 0.05) is 35.5 Å². The molecule has 0 bridgehead atoms. The van der Waals surface area contributed by atoms with Crippen LogP contribution in [0.5, 0.6) is 0 Å². The van der Waals surface area contributed by atoms with Gasteiger partial charge in [-0.15, -0.1) is 0 Å². The predicted octanol–water partition coefficient (Wildman–Crippen LogP) is 2.11. The van der Waals surface area contributed by atoms with Crippen molar-refractivity contribution in [2.45, 2.75) is 25.1 Å². The van der Waals surface area contributed by atoms with Gasteiger partial charge in [-0.3, -0.25) is 0 Å². The van der Waals surface area contributed by atoms with Crippen LogP contribution in [0, 0.1) is 0 Å². The minimum absolute atomic E-state index is 0.112. The molecular weight excluding hydrogens is 236 g/mol. The van der Waals surface area contributed by atoms with E-state index in [1.165, 1.54) is 0 Å². The highest BCUT2D eigenvalue weighted by molar-refractivity contribution is 8.00. The number of nitrogens with zero attached hydrogens (tertiary/aromatic N) is 2. The summed E-state index contributed by atoms with van der Waals surface area (Å²) < 4.78 is 0. The summed E-state index contributed by atoms with van der Waals surface area (Å²) in [6, 6.07) is 3.95. The largest absolute Gasteiger partial charge is 0.477 e. The van der Waals surface area contributed by atoms with Crippen LogP contribution in [0.25, 0.3) is 0 Å². The van der Waals surface area contributed by atoms with Crippen molar-refractivity contribution in [2.24, 2.45) is 0 Å². The molecule has 2 rings (SSSR count). The lowest BCUT2D eigenvalue weighted by molar-refractivity contribution is 0.0690. The number of carbonyl (C=O) groups is 1. The van der Waals surface area contributed by atoms with Gasteiger partial charge in [0.05, 0.1) is 0 Å². The molecule has 2 heterocycles. The first-order chi connectivity index (χ1) is 8.09. The zero-order valence-electron chi connectivity index (χ0n) is 9.96. The highest BCUT2D eigenvalue weighted by Crippen LogP contribution is 2.28. The van der Waals surface area contributed by atoms with Crippen molar-refractivity contribution in [3.63, 3.8) is 0 Å². The van der Waals surface area contributed by atoms with Gasteiger partial charge in [0.1, 0.15) is 5.69 Å². The molecule has 1 N–H and O–H groups in total. The maximum atomic E-state index is 10.9. The molecule has 1 aliphatic heterocycles. The van der Waals surface area contributed by atoms with E-state index in [1.807, 2.05) is 17.8 Å². The van der Waals surface area contributed by atoms with E-state index in [-0.39, 0.29) is 5.69 Å². The van der Waals surface area contributed by atoms with Gasteiger partial charge in [0.15, 0.2) is 0 Å². The molecule has 0 aromatic carbocycles. The van der Waals surface area contributed by atoms with E-state index in [9.17, 15) is 4.79 Å². The summed E-state index contributed by atoms with van der Waals surface area (Å²) in [5.74, 6) is 0.106. The van der Waals surface area contributed by atoms with Crippen LogP contribution in [0.4, 0.5) is 5.69 Å². The number of hydrogen-bond acceptors (Lipinski definition) is 4. The molecule has 1 saturated heterocycles. The van der Waals surface area contributed by atoms with Gasteiger partial charge < -0.3 is 10.0 Å². The Bertz CT molecular complexity index is 425. The summed E-state index contributed by atoms with van der Waals surface area (Å²) in [5, 5.41) is 9.50. The monoisotopic (exact) mass is 252 g/mol. The average molecular weight is 252 g/mol. The van der Waals surface area contributed by atoms with Crippen LogP contribution in [0.2, 0.25) is 0 Å². The SMILES string of the molecule is CC1SCCN(c2ccnc(C(=O)O)c2)C1C. The molecular formula is C12H16N2O2S. The van der Waals surface area contributed by atoms with E-state index in [0.29, 0.717) is 11.3 Å². The number of aromatic carboxylic acids is 1. The van der Waals surface area contributed by atoms with E-state index >= 15 is 0 Å². The Morgan fingerprint density at radius 3 is 3.06 bits per heavy atom. The Morgan fingerprint density at radius 1 is 1.59 bits per heavy atom. The van der Waals surface area contributed by atoms with Gasteiger partial charge in [0.2, 0.25) is 0 Å². The number of anilines is 1. The quantitative estimate of drug-likeness (QED) is 0.873. The lowest BCUT2D eigenvalue weighted by Crippen LogP contribution is -2.44. The second kappa shape index (κ2) is 4.96. The third-order valence-electron chi connectivity index (χ3n) is 3.18. The predicted molar refractivity (Wildman–Crippen MR) is 69.9 cm³/mol. The Labute approximate surface area is 105 Å². The third kappa shape index (κ3) is 2.54. The van der Waals surface area contributed by atoms with E-state index in [2.05, 4.69) is 23.7 Å². The van der Waals surface area contributed by atoms with Crippen molar-refractivity contribution in [2.75, 3.05) is 17.2 Å². The van der Waals surface area contributed by atoms with Gasteiger partial charge >= 0.3 is 5.97 Å². The van der Waals surface area contributed by atoms with Crippen LogP contribution in [0.1, 0.15) is 24.3 Å². The van der Waals surface area contributed by atoms with E-state index in [0.717, 1.165) is 18.0 Å². The summed E-state index contributed by atoms with van der Waals surface area (Å²) in [6.07, 6.45) is 1.57. The standard InChI is InChI=1S/C12H16N2O2S/c1-8-9(2)17-6-5-14(8)10-3-4-13-11(7-10)12(15)16/h3-4,7-9H,5-6H2,1-2H3,(H,15,16). The highest BCUT2D eigenvalue weighted by atomic mass is 32.2. The molecule has 1 aromatic heterocycles. The molecule has 17 heavy (non-hydrogen) atoms. The van der Waals surface area contributed by atoms with Crippen LogP contribution in [-0.4, -0.2) is 39.6 Å². The molecule has 0 saturated carbocycles. The van der Waals surface area contributed by atoms with E-state index in [4.69, 9.17) is 5.11 Å². The zero-order chi connectivity index (χ0) is 12.4. The molecule has 2 atom stereocenters. The Kier molecular flexibility index (Phi) is 3.57. The first kappa shape index (κ1) is 12.2. The second-order valence-electron chi connectivity index (χ2n) is 4.21. The number of aromatic nitrogens is 1. The van der Waals surface area contributed by atoms with Gasteiger partial charge in [-0.2, -0.15) is 11.8 Å². The van der Waals surface area contributed by atoms with E-state index in [1.54, 1.807) is 12.3 Å². The van der Waals surface area contributed by atoms with Crippen LogP contribution in [0.15, 0.2) is 18.3 Å². The number of carboxylic acid groups (broad SMARTS) is 1. The summed E-state index contributed by atoms with van der Waals surface area (Å²) in [6.45, 7) is 5.34. The lowest BCUT2D eigenvalue weighted by atomic mass is 10.1. The number of pyridine rings is 1. The Morgan fingerprint density at radius 2 is 2.35 bits per heavy atom. The fourth-order valence-corrected chi connectivity index (χ4v) is 3.11. The van der Waals surface area contributed by atoms with E-state index < -0.39 is 5.97 Å². The van der Waals surface area contributed by atoms with Gasteiger partial charge in [-0.25, -0.2) is 9.78 Å². The third-order valence-corrected chi connectivity index (χ3v) is 4.52. The molecule has 0 amide bonds. The zero-order valence-corrected chi connectivity index (χ0v) is 10.8. The molecule has 0 radical (unpaired) electrons. The molecule has 4 nitrogen and oxygen atoms in total. The molecule has 92 valence electrons. The van der Waals surface area contributed by atoms with Crippen molar-refractivity contribution < 1.29 is 9.90 Å². The molecule has 0 spiro atoms. The molecule has 5 heteroatoms. The Balaban J connectivity index is 2.26. The fraction of sp³-hybridized carbons (Fsp3) is 0.500. The van der Waals surface area contributed by atoms with Crippen molar-refractivity contribution in [1.82, 2.24) is 4.98 Å². The summed E-state index contributed by atoms with van der Waals surface area (Å²) in [4.78, 5) is 17.0. The number of thioether (sulfide) groups is 1. The van der Waals surface area contributed by atoms with Crippen molar-refractivity contribution in [3.05, 3.63) is 24.0 Å². The van der Waals surface area contributed by atoms with Gasteiger partial charge in [-0.1, -0.05) is 6.92 Å². The van der Waals surface area contributed by atoms with Crippen LogP contribution in [-0.2, 0) is 0 Å².